The lowest BCUT2D eigenvalue weighted by Crippen LogP contribution is -2.59. The molecular weight excluding hydrogens is 420 g/mol. The van der Waals surface area contributed by atoms with Crippen molar-refractivity contribution < 1.29 is 24.2 Å². The lowest BCUT2D eigenvalue weighted by Gasteiger charge is -2.42. The van der Waals surface area contributed by atoms with E-state index in [0.717, 1.165) is 28.7 Å². The second kappa shape index (κ2) is 9.37. The quantitative estimate of drug-likeness (QED) is 0.539. The molecule has 2 aliphatic rings. The van der Waals surface area contributed by atoms with E-state index in [4.69, 9.17) is 16.3 Å². The number of hydrogen-bond donors (Lipinski definition) is 3. The van der Waals surface area contributed by atoms with Gasteiger partial charge < -0.3 is 20.5 Å². The van der Waals surface area contributed by atoms with Gasteiger partial charge in [0.25, 0.3) is 0 Å². The largest absolute Gasteiger partial charge is 0.481 e. The number of aliphatic carboxylic acids is 1. The van der Waals surface area contributed by atoms with Crippen molar-refractivity contribution in [1.82, 2.24) is 10.6 Å². The number of carbonyl (C=O) groups is 3. The van der Waals surface area contributed by atoms with E-state index < -0.39 is 29.6 Å². The Kier molecular flexibility index (Phi) is 6.36. The topological polar surface area (TPSA) is 105 Å². The van der Waals surface area contributed by atoms with Gasteiger partial charge in [-0.05, 0) is 41.5 Å². The van der Waals surface area contributed by atoms with Crippen LogP contribution in [0, 0.1) is 12.3 Å². The zero-order valence-corrected chi connectivity index (χ0v) is 18.2. The van der Waals surface area contributed by atoms with Crippen LogP contribution in [0.2, 0.25) is 0 Å². The molecule has 0 bridgehead atoms. The third-order valence-electron chi connectivity index (χ3n) is 6.46. The number of amides is 2. The van der Waals surface area contributed by atoms with Crippen molar-refractivity contribution in [3.8, 4) is 23.5 Å². The van der Waals surface area contributed by atoms with Crippen molar-refractivity contribution in [2.75, 3.05) is 6.61 Å². The van der Waals surface area contributed by atoms with Crippen LogP contribution in [-0.2, 0) is 14.3 Å². The minimum Gasteiger partial charge on any atom is -0.481 e. The van der Waals surface area contributed by atoms with E-state index in [1.165, 1.54) is 0 Å². The summed E-state index contributed by atoms with van der Waals surface area (Å²) in [7, 11) is 0. The number of fused-ring (bicyclic) bond motifs is 3. The maximum atomic E-state index is 12.8. The minimum absolute atomic E-state index is 0.0286. The van der Waals surface area contributed by atoms with Crippen molar-refractivity contribution in [3.63, 3.8) is 0 Å². The summed E-state index contributed by atoms with van der Waals surface area (Å²) in [6, 6.07) is 15.0. The molecule has 1 atom stereocenters. The summed E-state index contributed by atoms with van der Waals surface area (Å²) in [6.07, 6.45) is 6.47. The Morgan fingerprint density at radius 2 is 1.70 bits per heavy atom. The van der Waals surface area contributed by atoms with Crippen LogP contribution >= 0.6 is 0 Å². The van der Waals surface area contributed by atoms with Gasteiger partial charge in [0.15, 0.2) is 0 Å². The summed E-state index contributed by atoms with van der Waals surface area (Å²) in [4.78, 5) is 36.5. The van der Waals surface area contributed by atoms with Crippen LogP contribution < -0.4 is 10.6 Å². The molecule has 3 N–H and O–H groups in total. The highest BCUT2D eigenvalue weighted by Crippen LogP contribution is 2.44. The summed E-state index contributed by atoms with van der Waals surface area (Å²) >= 11 is 0. The number of carboxylic acid groups (broad SMARTS) is 1. The molecule has 2 aromatic carbocycles. The summed E-state index contributed by atoms with van der Waals surface area (Å²) in [5.41, 5.74) is 3.64. The first-order valence-electron chi connectivity index (χ1n) is 11.0. The molecule has 1 unspecified atom stereocenters. The predicted octanol–water partition coefficient (Wildman–Crippen LogP) is 3.43. The maximum Gasteiger partial charge on any atom is 0.407 e. The number of benzene rings is 2. The van der Waals surface area contributed by atoms with Crippen LogP contribution in [0.25, 0.3) is 11.1 Å². The number of terminal acetylenes is 1. The Morgan fingerprint density at radius 3 is 2.21 bits per heavy atom. The lowest BCUT2D eigenvalue weighted by atomic mass is 9.74. The third-order valence-corrected chi connectivity index (χ3v) is 6.46. The normalized spacial score (nSPS) is 16.3. The second-order valence-corrected chi connectivity index (χ2v) is 8.62. The van der Waals surface area contributed by atoms with Gasteiger partial charge in [-0.3, -0.25) is 9.59 Å². The van der Waals surface area contributed by atoms with Gasteiger partial charge >= 0.3 is 12.1 Å². The molecule has 2 aliphatic carbocycles. The van der Waals surface area contributed by atoms with Gasteiger partial charge in [0, 0.05) is 12.3 Å². The minimum atomic E-state index is -1.00. The predicted molar refractivity (Wildman–Crippen MR) is 122 cm³/mol. The van der Waals surface area contributed by atoms with Gasteiger partial charge in [-0.2, -0.15) is 0 Å². The molecule has 2 aromatic rings. The molecule has 0 radical (unpaired) electrons. The molecule has 170 valence electrons. The number of rotatable bonds is 8. The number of alkyl carbamates (subject to hydrolysis) is 1. The average Bonchev–Trinajstić information content (AvgIpc) is 3.09. The number of nitrogens with one attached hydrogen (secondary N) is 2. The van der Waals surface area contributed by atoms with Crippen molar-refractivity contribution in [1.29, 1.82) is 0 Å². The summed E-state index contributed by atoms with van der Waals surface area (Å²) in [5, 5.41) is 14.5. The molecule has 7 nitrogen and oxygen atoms in total. The van der Waals surface area contributed by atoms with Gasteiger partial charge in [0.1, 0.15) is 12.6 Å². The third kappa shape index (κ3) is 4.70. The molecular formula is C26H26N2O5. The monoisotopic (exact) mass is 446 g/mol. The van der Waals surface area contributed by atoms with Crippen LogP contribution in [0.3, 0.4) is 0 Å². The molecule has 0 spiro atoms. The Balaban J connectivity index is 1.39. The molecule has 2 amide bonds. The summed E-state index contributed by atoms with van der Waals surface area (Å²) in [6.45, 7) is 0.118. The molecule has 0 saturated heterocycles. The molecule has 1 saturated carbocycles. The van der Waals surface area contributed by atoms with Gasteiger partial charge in [0.05, 0.1) is 12.0 Å². The molecule has 4 rings (SSSR count). The van der Waals surface area contributed by atoms with E-state index in [1.54, 1.807) is 0 Å². The van der Waals surface area contributed by atoms with Gasteiger partial charge in [0.2, 0.25) is 5.91 Å². The maximum absolute atomic E-state index is 12.8. The Hall–Kier alpha value is -3.79. The first kappa shape index (κ1) is 22.4. The lowest BCUT2D eigenvalue weighted by molar-refractivity contribution is -0.140. The van der Waals surface area contributed by atoms with E-state index in [1.807, 2.05) is 36.4 Å². The zero-order chi connectivity index (χ0) is 23.4. The van der Waals surface area contributed by atoms with Crippen LogP contribution in [0.4, 0.5) is 4.79 Å². The highest BCUT2D eigenvalue weighted by atomic mass is 16.5. The Morgan fingerprint density at radius 1 is 1.09 bits per heavy atom. The first-order valence-corrected chi connectivity index (χ1v) is 11.0. The highest BCUT2D eigenvalue weighted by Gasteiger charge is 2.41. The van der Waals surface area contributed by atoms with Crippen LogP contribution in [0.1, 0.15) is 49.1 Å². The average molecular weight is 447 g/mol. The molecule has 0 aromatic heterocycles. The fourth-order valence-electron chi connectivity index (χ4n) is 4.70. The molecule has 1 fully saturated rings. The zero-order valence-electron chi connectivity index (χ0n) is 18.2. The van der Waals surface area contributed by atoms with Crippen molar-refractivity contribution >= 4 is 18.0 Å². The molecule has 0 heterocycles. The SMILES string of the molecule is C#CCC(NC(=O)OCC1c2ccccc2-c2ccccc21)C(=O)NC1(CC(=O)O)CCC1. The number of carbonyl (C=O) groups excluding carboxylic acids is 2. The van der Waals surface area contributed by atoms with Crippen LogP contribution in [0.5, 0.6) is 0 Å². The van der Waals surface area contributed by atoms with E-state index in [9.17, 15) is 14.4 Å². The van der Waals surface area contributed by atoms with E-state index in [2.05, 4.69) is 28.7 Å². The first-order chi connectivity index (χ1) is 15.9. The summed E-state index contributed by atoms with van der Waals surface area (Å²) in [5.74, 6) is 0.816. The van der Waals surface area contributed by atoms with Gasteiger partial charge in [-0.1, -0.05) is 48.5 Å². The van der Waals surface area contributed by atoms with Crippen LogP contribution in [-0.4, -0.2) is 41.3 Å². The Bertz CT molecular complexity index is 1070. The molecule has 0 aliphatic heterocycles. The van der Waals surface area contributed by atoms with Gasteiger partial charge in [-0.15, -0.1) is 12.3 Å². The van der Waals surface area contributed by atoms with Crippen molar-refractivity contribution in [3.05, 3.63) is 59.7 Å². The van der Waals surface area contributed by atoms with Crippen molar-refractivity contribution in [2.45, 2.75) is 49.6 Å². The van der Waals surface area contributed by atoms with E-state index >= 15 is 0 Å². The molecule has 7 heteroatoms. The standard InChI is InChI=1S/C26H26N2O5/c1-2-8-22(24(31)28-26(13-7-14-26)15-23(29)30)27-25(32)33-16-21-19-11-5-3-9-17(19)18-10-4-6-12-20(18)21/h1,3-6,9-12,21-22H,7-8,13-16H2,(H,27,32)(H,28,31)(H,29,30). The fraction of sp³-hybridized carbons (Fsp3) is 0.346. The summed E-state index contributed by atoms with van der Waals surface area (Å²) < 4.78 is 5.51. The van der Waals surface area contributed by atoms with Crippen LogP contribution in [0.15, 0.2) is 48.5 Å². The van der Waals surface area contributed by atoms with E-state index in [-0.39, 0.29) is 25.4 Å². The number of ether oxygens (including phenoxy) is 1. The smallest absolute Gasteiger partial charge is 0.407 e. The van der Waals surface area contributed by atoms with Gasteiger partial charge in [-0.25, -0.2) is 4.79 Å². The van der Waals surface area contributed by atoms with E-state index in [0.29, 0.717) is 12.8 Å². The number of hydrogen-bond acceptors (Lipinski definition) is 4. The number of carboxylic acids is 1. The molecule has 33 heavy (non-hydrogen) atoms. The van der Waals surface area contributed by atoms with Crippen molar-refractivity contribution in [2.24, 2.45) is 0 Å². The second-order valence-electron chi connectivity index (χ2n) is 8.62. The fourth-order valence-corrected chi connectivity index (χ4v) is 4.70. The highest BCUT2D eigenvalue weighted by molar-refractivity contribution is 5.87. The Labute approximate surface area is 192 Å².